The second-order valence-electron chi connectivity index (χ2n) is 6.93. The van der Waals surface area contributed by atoms with Crippen molar-refractivity contribution in [2.75, 3.05) is 0 Å². The molecule has 3 aromatic rings. The number of carbonyl (C=O) groups is 1. The van der Waals surface area contributed by atoms with E-state index in [1.165, 1.54) is 5.56 Å². The number of carbonyl (C=O) groups excluding carboxylic acids is 1. The number of rotatable bonds is 7. The van der Waals surface area contributed by atoms with E-state index in [9.17, 15) is 4.79 Å². The minimum atomic E-state index is -0.206. The van der Waals surface area contributed by atoms with Crippen LogP contribution in [0, 0.1) is 13.8 Å². The lowest BCUT2D eigenvalue weighted by atomic mass is 10.2. The minimum Gasteiger partial charge on any atom is -0.316 e. The Labute approximate surface area is 191 Å². The summed E-state index contributed by atoms with van der Waals surface area (Å²) in [5, 5.41) is 5.12. The van der Waals surface area contributed by atoms with Gasteiger partial charge >= 0.3 is 0 Å². The standard InChI is InChI=1S/C23H23Cl2N3OS/c1-15-11-19(16(2)28(15)22-10-9-20(24)12-21(22)25)13-26-27-23(29)17(3)30-14-18-7-5-4-6-8-18/h4-13,17H,14H2,1-3H3,(H,27,29)/b26-13-/t17-/m0/s1. The van der Waals surface area contributed by atoms with E-state index < -0.39 is 0 Å². The van der Waals surface area contributed by atoms with Crippen LogP contribution in [-0.4, -0.2) is 21.9 Å². The quantitative estimate of drug-likeness (QED) is 0.338. The van der Waals surface area contributed by atoms with Gasteiger partial charge in [-0.1, -0.05) is 53.5 Å². The SMILES string of the molecule is Cc1cc(/C=N\NC(=O)[C@H](C)SCc2ccccc2)c(C)n1-c1ccc(Cl)cc1Cl. The number of aryl methyl sites for hydroxylation is 1. The predicted molar refractivity (Wildman–Crippen MR) is 128 cm³/mol. The maximum atomic E-state index is 12.3. The van der Waals surface area contributed by atoms with Crippen molar-refractivity contribution in [2.24, 2.45) is 5.10 Å². The van der Waals surface area contributed by atoms with Crippen LogP contribution >= 0.6 is 35.0 Å². The van der Waals surface area contributed by atoms with Gasteiger partial charge in [-0.2, -0.15) is 5.10 Å². The zero-order valence-electron chi connectivity index (χ0n) is 17.0. The molecular weight excluding hydrogens is 437 g/mol. The fraction of sp³-hybridized carbons (Fsp3) is 0.217. The maximum Gasteiger partial charge on any atom is 0.252 e. The summed E-state index contributed by atoms with van der Waals surface area (Å²) in [4.78, 5) is 12.3. The lowest BCUT2D eigenvalue weighted by Gasteiger charge is -2.12. The van der Waals surface area contributed by atoms with Gasteiger partial charge in [-0.15, -0.1) is 11.8 Å². The van der Waals surface area contributed by atoms with Crippen LogP contribution in [0.4, 0.5) is 0 Å². The summed E-state index contributed by atoms with van der Waals surface area (Å²) in [6.45, 7) is 5.86. The molecule has 0 aliphatic rings. The zero-order valence-corrected chi connectivity index (χ0v) is 19.4. The Morgan fingerprint density at radius 1 is 1.17 bits per heavy atom. The topological polar surface area (TPSA) is 46.4 Å². The molecule has 0 aliphatic carbocycles. The number of halogens is 2. The van der Waals surface area contributed by atoms with E-state index in [0.29, 0.717) is 10.0 Å². The van der Waals surface area contributed by atoms with Crippen molar-refractivity contribution < 1.29 is 4.79 Å². The van der Waals surface area contributed by atoms with E-state index in [2.05, 4.69) is 22.7 Å². The van der Waals surface area contributed by atoms with Crippen molar-refractivity contribution in [3.63, 3.8) is 0 Å². The van der Waals surface area contributed by atoms with Crippen molar-refractivity contribution in [3.8, 4) is 5.69 Å². The Morgan fingerprint density at radius 2 is 1.90 bits per heavy atom. The summed E-state index contributed by atoms with van der Waals surface area (Å²) in [7, 11) is 0. The third-order valence-electron chi connectivity index (χ3n) is 4.71. The van der Waals surface area contributed by atoms with Gasteiger partial charge in [0.15, 0.2) is 0 Å². The van der Waals surface area contributed by atoms with E-state index in [1.54, 1.807) is 24.0 Å². The first-order valence-corrected chi connectivity index (χ1v) is 11.3. The molecule has 7 heteroatoms. The molecule has 1 heterocycles. The number of nitrogens with zero attached hydrogens (tertiary/aromatic N) is 2. The third-order valence-corrected chi connectivity index (χ3v) is 6.46. The highest BCUT2D eigenvalue weighted by Crippen LogP contribution is 2.28. The molecule has 4 nitrogen and oxygen atoms in total. The molecule has 0 radical (unpaired) electrons. The lowest BCUT2D eigenvalue weighted by Crippen LogP contribution is -2.27. The van der Waals surface area contributed by atoms with Crippen molar-refractivity contribution >= 4 is 47.1 Å². The Balaban J connectivity index is 1.64. The van der Waals surface area contributed by atoms with Gasteiger partial charge in [0.2, 0.25) is 0 Å². The average Bonchev–Trinajstić information content (AvgIpc) is 3.00. The lowest BCUT2D eigenvalue weighted by molar-refractivity contribution is -0.120. The van der Waals surface area contributed by atoms with Crippen LogP contribution in [0.25, 0.3) is 5.69 Å². The van der Waals surface area contributed by atoms with Gasteiger partial charge < -0.3 is 4.57 Å². The van der Waals surface area contributed by atoms with Crippen molar-refractivity contribution in [2.45, 2.75) is 31.8 Å². The zero-order chi connectivity index (χ0) is 21.7. The van der Waals surface area contributed by atoms with Gasteiger partial charge in [0.25, 0.3) is 5.91 Å². The molecule has 1 aromatic heterocycles. The number of thioether (sulfide) groups is 1. The first-order valence-electron chi connectivity index (χ1n) is 9.49. The van der Waals surface area contributed by atoms with E-state index >= 15 is 0 Å². The van der Waals surface area contributed by atoms with Crippen LogP contribution in [0.3, 0.4) is 0 Å². The summed E-state index contributed by atoms with van der Waals surface area (Å²) < 4.78 is 2.04. The van der Waals surface area contributed by atoms with Gasteiger partial charge in [0.1, 0.15) is 0 Å². The fourth-order valence-corrected chi connectivity index (χ4v) is 4.41. The largest absolute Gasteiger partial charge is 0.316 e. The molecule has 0 spiro atoms. The highest BCUT2D eigenvalue weighted by atomic mass is 35.5. The first kappa shape index (κ1) is 22.5. The number of amides is 1. The molecule has 1 atom stereocenters. The van der Waals surface area contributed by atoms with E-state index in [0.717, 1.165) is 28.4 Å². The van der Waals surface area contributed by atoms with Gasteiger partial charge in [-0.05, 0) is 50.6 Å². The molecule has 2 aromatic carbocycles. The molecule has 3 rings (SSSR count). The van der Waals surface area contributed by atoms with Crippen molar-refractivity contribution in [1.82, 2.24) is 9.99 Å². The third kappa shape index (κ3) is 5.48. The van der Waals surface area contributed by atoms with Gasteiger partial charge in [-0.25, -0.2) is 5.43 Å². The Morgan fingerprint density at radius 3 is 2.60 bits per heavy atom. The molecule has 0 saturated heterocycles. The smallest absolute Gasteiger partial charge is 0.252 e. The molecule has 0 unspecified atom stereocenters. The first-order chi connectivity index (χ1) is 14.4. The normalized spacial score (nSPS) is 12.3. The molecule has 30 heavy (non-hydrogen) atoms. The van der Waals surface area contributed by atoms with E-state index in [1.807, 2.05) is 61.7 Å². The predicted octanol–water partition coefficient (Wildman–Crippen LogP) is 6.17. The highest BCUT2D eigenvalue weighted by Gasteiger charge is 2.14. The Hall–Kier alpha value is -2.21. The maximum absolute atomic E-state index is 12.3. The molecule has 156 valence electrons. The second-order valence-corrected chi connectivity index (χ2v) is 9.10. The number of hydrazone groups is 1. The fourth-order valence-electron chi connectivity index (χ4n) is 3.08. The summed E-state index contributed by atoms with van der Waals surface area (Å²) in [5.41, 5.74) is 7.57. The molecule has 0 bridgehead atoms. The van der Waals surface area contributed by atoms with E-state index in [4.69, 9.17) is 23.2 Å². The number of nitrogens with one attached hydrogen (secondary N) is 1. The Bertz CT molecular complexity index is 1060. The van der Waals surface area contributed by atoms with Crippen LogP contribution in [-0.2, 0) is 10.5 Å². The summed E-state index contributed by atoms with van der Waals surface area (Å²) >= 11 is 14.0. The minimum absolute atomic E-state index is 0.123. The monoisotopic (exact) mass is 459 g/mol. The molecule has 0 saturated carbocycles. The van der Waals surface area contributed by atoms with Crippen LogP contribution in [0.1, 0.15) is 29.4 Å². The van der Waals surface area contributed by atoms with Gasteiger partial charge in [0.05, 0.1) is 22.2 Å². The number of benzene rings is 2. The molecule has 0 fully saturated rings. The average molecular weight is 460 g/mol. The number of aromatic nitrogens is 1. The Kier molecular flexibility index (Phi) is 7.64. The molecule has 1 amide bonds. The van der Waals surface area contributed by atoms with Gasteiger partial charge in [-0.3, -0.25) is 4.79 Å². The summed E-state index contributed by atoms with van der Waals surface area (Å²) in [6, 6.07) is 17.5. The highest BCUT2D eigenvalue weighted by molar-refractivity contribution is 7.99. The van der Waals surface area contributed by atoms with E-state index in [-0.39, 0.29) is 11.2 Å². The number of hydrogen-bond donors (Lipinski definition) is 1. The number of hydrogen-bond acceptors (Lipinski definition) is 3. The van der Waals surface area contributed by atoms with Crippen LogP contribution in [0.5, 0.6) is 0 Å². The van der Waals surface area contributed by atoms with Crippen LogP contribution in [0.2, 0.25) is 10.0 Å². The van der Waals surface area contributed by atoms with Gasteiger partial charge in [0, 0.05) is 27.7 Å². The molecule has 1 N–H and O–H groups in total. The van der Waals surface area contributed by atoms with Crippen molar-refractivity contribution in [3.05, 3.63) is 87.2 Å². The van der Waals surface area contributed by atoms with Crippen LogP contribution in [0.15, 0.2) is 59.7 Å². The summed E-state index contributed by atoms with van der Waals surface area (Å²) in [5.74, 6) is 0.657. The van der Waals surface area contributed by atoms with Crippen molar-refractivity contribution in [1.29, 1.82) is 0 Å². The van der Waals surface area contributed by atoms with Crippen LogP contribution < -0.4 is 5.43 Å². The second kappa shape index (κ2) is 10.2. The molecular formula is C23H23Cl2N3OS. The summed E-state index contributed by atoms with van der Waals surface area (Å²) in [6.07, 6.45) is 1.66. The molecule has 0 aliphatic heterocycles.